The molecule has 0 spiro atoms. The lowest BCUT2D eigenvalue weighted by molar-refractivity contribution is 0.605. The van der Waals surface area contributed by atoms with Crippen LogP contribution in [-0.2, 0) is 10.8 Å². The minimum absolute atomic E-state index is 0.168. The van der Waals surface area contributed by atoms with Crippen molar-refractivity contribution in [3.8, 4) is 79.6 Å². The number of aryl methyl sites for hydroxylation is 1. The summed E-state index contributed by atoms with van der Waals surface area (Å²) in [5.41, 5.74) is 16.5. The molecule has 0 atom stereocenters. The summed E-state index contributed by atoms with van der Waals surface area (Å²) >= 11 is 0. The van der Waals surface area contributed by atoms with Gasteiger partial charge < -0.3 is 8.83 Å². The Kier molecular flexibility index (Phi) is 7.27. The van der Waals surface area contributed by atoms with Crippen molar-refractivity contribution in [3.05, 3.63) is 150 Å². The molecule has 61 heavy (non-hydrogen) atoms. The highest BCUT2D eigenvalue weighted by Gasteiger charge is 2.40. The molecule has 12 rings (SSSR count). The van der Waals surface area contributed by atoms with E-state index in [-0.39, 0.29) is 10.8 Å². The lowest BCUT2D eigenvalue weighted by Gasteiger charge is -2.22. The van der Waals surface area contributed by atoms with Gasteiger partial charge in [-0.3, -0.25) is 9.97 Å². The van der Waals surface area contributed by atoms with Gasteiger partial charge in [-0.1, -0.05) is 76.2 Å². The van der Waals surface area contributed by atoms with Crippen LogP contribution >= 0.6 is 0 Å². The minimum Gasteiger partial charge on any atom is -0.435 e. The number of oxazole rings is 2. The zero-order chi connectivity index (χ0) is 41.2. The van der Waals surface area contributed by atoms with Crippen LogP contribution in [-0.4, -0.2) is 44.9 Å². The Morgan fingerprint density at radius 1 is 0.475 bits per heavy atom. The van der Waals surface area contributed by atoms with Crippen LogP contribution in [0, 0.1) is 6.92 Å². The van der Waals surface area contributed by atoms with E-state index < -0.39 is 0 Å². The Bertz CT molecular complexity index is 3420. The number of fused-ring (bicyclic) bond motifs is 8. The number of benzene rings is 3. The number of rotatable bonds is 5. The molecule has 0 unspecified atom stereocenters. The van der Waals surface area contributed by atoms with E-state index in [9.17, 15) is 0 Å². The molecule has 0 bridgehead atoms. The second-order valence-corrected chi connectivity index (χ2v) is 16.8. The quantitative estimate of drug-likeness (QED) is 0.164. The number of aromatic nitrogens is 9. The van der Waals surface area contributed by atoms with Crippen LogP contribution in [0.15, 0.2) is 131 Å². The van der Waals surface area contributed by atoms with E-state index in [4.69, 9.17) is 43.7 Å². The maximum absolute atomic E-state index is 6.19. The van der Waals surface area contributed by atoms with E-state index in [0.29, 0.717) is 46.0 Å². The van der Waals surface area contributed by atoms with Crippen molar-refractivity contribution >= 4 is 22.3 Å². The molecule has 0 fully saturated rings. The maximum atomic E-state index is 6.19. The SMILES string of the molecule is Cc1nc(-c2ccc(-c3nc4ccccc4o3)nc2)nc2c1C(C)(C)c1ccc(-c3cnc4oc(-c5cc(-c6ncc7c(n6)-c6ccccc6C7(C)C)ccn5)nc4c3)cc1-2. The van der Waals surface area contributed by atoms with E-state index in [2.05, 4.69) is 87.1 Å². The molecule has 0 aliphatic heterocycles. The monoisotopic (exact) mass is 793 g/mol. The summed E-state index contributed by atoms with van der Waals surface area (Å²) in [6.07, 6.45) is 7.29. The van der Waals surface area contributed by atoms with Gasteiger partial charge in [0.1, 0.15) is 22.4 Å². The van der Waals surface area contributed by atoms with E-state index in [1.807, 2.05) is 67.0 Å². The van der Waals surface area contributed by atoms with Crippen LogP contribution in [0.25, 0.3) is 102 Å². The normalized spacial score (nSPS) is 14.2. The molecule has 11 heteroatoms. The first kappa shape index (κ1) is 35.2. The van der Waals surface area contributed by atoms with Crippen molar-refractivity contribution in [2.45, 2.75) is 45.4 Å². The van der Waals surface area contributed by atoms with Gasteiger partial charge in [-0.2, -0.15) is 0 Å². The van der Waals surface area contributed by atoms with Crippen LogP contribution in [0.4, 0.5) is 0 Å². The largest absolute Gasteiger partial charge is 0.435 e. The van der Waals surface area contributed by atoms with Crippen molar-refractivity contribution < 1.29 is 8.83 Å². The van der Waals surface area contributed by atoms with E-state index in [1.165, 1.54) is 11.1 Å². The average molecular weight is 794 g/mol. The van der Waals surface area contributed by atoms with Gasteiger partial charge in [-0.15, -0.1) is 0 Å². The molecule has 292 valence electrons. The first-order valence-corrected chi connectivity index (χ1v) is 20.2. The van der Waals surface area contributed by atoms with Crippen molar-refractivity contribution in [3.63, 3.8) is 0 Å². The Labute approximate surface area is 349 Å². The van der Waals surface area contributed by atoms with Crippen molar-refractivity contribution in [2.24, 2.45) is 0 Å². The number of nitrogens with zero attached hydrogens (tertiary/aromatic N) is 9. The van der Waals surface area contributed by atoms with Gasteiger partial charge in [-0.05, 0) is 72.1 Å². The summed E-state index contributed by atoms with van der Waals surface area (Å²) in [6.45, 7) is 11.0. The Hall–Kier alpha value is -7.79. The number of hydrogen-bond acceptors (Lipinski definition) is 11. The van der Waals surface area contributed by atoms with E-state index in [0.717, 1.165) is 72.7 Å². The highest BCUT2D eigenvalue weighted by Crippen LogP contribution is 2.51. The summed E-state index contributed by atoms with van der Waals surface area (Å²) in [4.78, 5) is 43.5. The molecule has 0 amide bonds. The van der Waals surface area contributed by atoms with Crippen LogP contribution in [0.3, 0.4) is 0 Å². The number of para-hydroxylation sites is 2. The van der Waals surface area contributed by atoms with Gasteiger partial charge >= 0.3 is 0 Å². The Morgan fingerprint density at radius 2 is 1.25 bits per heavy atom. The third-order valence-corrected chi connectivity index (χ3v) is 12.3. The van der Waals surface area contributed by atoms with Crippen LogP contribution in [0.5, 0.6) is 0 Å². The minimum atomic E-state index is -0.294. The maximum Gasteiger partial charge on any atom is 0.248 e. The summed E-state index contributed by atoms with van der Waals surface area (Å²) in [6, 6.07) is 32.3. The fourth-order valence-electron chi connectivity index (χ4n) is 9.22. The molecule has 11 nitrogen and oxygen atoms in total. The predicted molar refractivity (Wildman–Crippen MR) is 233 cm³/mol. The molecule has 7 aromatic heterocycles. The zero-order valence-corrected chi connectivity index (χ0v) is 33.9. The third-order valence-electron chi connectivity index (χ3n) is 12.3. The lowest BCUT2D eigenvalue weighted by atomic mass is 9.81. The summed E-state index contributed by atoms with van der Waals surface area (Å²) in [5.74, 6) is 2.07. The van der Waals surface area contributed by atoms with E-state index in [1.54, 1.807) is 12.4 Å². The summed E-state index contributed by atoms with van der Waals surface area (Å²) < 4.78 is 12.1. The highest BCUT2D eigenvalue weighted by molar-refractivity contribution is 5.86. The molecule has 0 saturated carbocycles. The second-order valence-electron chi connectivity index (χ2n) is 16.8. The molecule has 2 aliphatic carbocycles. The van der Waals surface area contributed by atoms with Gasteiger partial charge in [0.15, 0.2) is 17.2 Å². The molecular weight excluding hydrogens is 759 g/mol. The van der Waals surface area contributed by atoms with Gasteiger partial charge in [0.2, 0.25) is 17.5 Å². The molecule has 10 aromatic rings. The average Bonchev–Trinajstić information content (AvgIpc) is 4.03. The van der Waals surface area contributed by atoms with E-state index >= 15 is 0 Å². The molecule has 0 saturated heterocycles. The standard InChI is InChI=1S/C50H35N9O2/c1-26-41-43(59-45(55-26)29-15-17-37(52-23-29)47-56-36-12-8-9-13-40(36)60-47)32-20-27(14-16-34(32)50(41,4)5)30-22-39-46(54-24-30)61-48(57-39)38-21-28(18-19-51-38)44-53-25-35-42(58-44)31-10-6-7-11-33(31)49(35,2)3/h6-25H,1-5H3. The molecule has 0 radical (unpaired) electrons. The second kappa shape index (κ2) is 12.6. The zero-order valence-electron chi connectivity index (χ0n) is 33.9. The van der Waals surface area contributed by atoms with Crippen LogP contribution < -0.4 is 0 Å². The third kappa shape index (κ3) is 5.33. The Morgan fingerprint density at radius 3 is 2.11 bits per heavy atom. The highest BCUT2D eigenvalue weighted by atomic mass is 16.4. The van der Waals surface area contributed by atoms with Gasteiger partial charge in [0.25, 0.3) is 0 Å². The van der Waals surface area contributed by atoms with Crippen molar-refractivity contribution in [1.29, 1.82) is 0 Å². The van der Waals surface area contributed by atoms with Crippen molar-refractivity contribution in [2.75, 3.05) is 0 Å². The predicted octanol–water partition coefficient (Wildman–Crippen LogP) is 11.0. The summed E-state index contributed by atoms with van der Waals surface area (Å²) in [7, 11) is 0. The molecule has 2 aliphatic rings. The first-order chi connectivity index (χ1) is 29.6. The Balaban J connectivity index is 0.862. The number of hydrogen-bond donors (Lipinski definition) is 0. The first-order valence-electron chi connectivity index (χ1n) is 20.2. The molecule has 0 N–H and O–H groups in total. The van der Waals surface area contributed by atoms with Crippen molar-refractivity contribution in [1.82, 2.24) is 44.9 Å². The fourth-order valence-corrected chi connectivity index (χ4v) is 9.22. The van der Waals surface area contributed by atoms with Gasteiger partial charge in [0.05, 0.1) is 11.4 Å². The van der Waals surface area contributed by atoms with Crippen LogP contribution in [0.1, 0.15) is 55.6 Å². The van der Waals surface area contributed by atoms with Gasteiger partial charge in [-0.25, -0.2) is 34.9 Å². The van der Waals surface area contributed by atoms with Gasteiger partial charge in [0, 0.05) is 80.3 Å². The number of pyridine rings is 3. The summed E-state index contributed by atoms with van der Waals surface area (Å²) in [5, 5.41) is 0. The van der Waals surface area contributed by atoms with Crippen LogP contribution in [0.2, 0.25) is 0 Å². The molecular formula is C50H35N9O2. The smallest absolute Gasteiger partial charge is 0.248 e. The molecule has 7 heterocycles. The fraction of sp³-hybridized carbons (Fsp3) is 0.140. The molecule has 3 aromatic carbocycles. The lowest BCUT2D eigenvalue weighted by Crippen LogP contribution is -2.17. The topological polar surface area (TPSA) is 142 Å².